The summed E-state index contributed by atoms with van der Waals surface area (Å²) in [6, 6.07) is 28.7. The molecule has 3 aromatic heterocycles. The summed E-state index contributed by atoms with van der Waals surface area (Å²) in [5.41, 5.74) is 6.61. The van der Waals surface area contributed by atoms with Crippen molar-refractivity contribution in [3.8, 4) is 11.3 Å². The molecule has 5 aromatic rings. The monoisotopic (exact) mass is 499 g/mol. The minimum atomic E-state index is -0.164. The first-order valence-corrected chi connectivity index (χ1v) is 12.4. The number of rotatable bonds is 5. The van der Waals surface area contributed by atoms with Gasteiger partial charge < -0.3 is 14.8 Å². The standard InChI is InChI=1S/C31H25N5O2/c37-30(34-19-22-6-5-16-32-18-22)29-15-14-26-21-36(28-9-2-1-7-25(28)20-35(26)29)31(38)24-12-10-23(11-13-24)27-8-3-4-17-33-27/h1-18H,19-21H2,(H,34,37). The number of amides is 2. The van der Waals surface area contributed by atoms with Crippen LogP contribution < -0.4 is 10.2 Å². The van der Waals surface area contributed by atoms with Gasteiger partial charge in [-0.2, -0.15) is 0 Å². The van der Waals surface area contributed by atoms with Crippen LogP contribution >= 0.6 is 0 Å². The Morgan fingerprint density at radius 2 is 1.66 bits per heavy atom. The Bertz CT molecular complexity index is 1590. The van der Waals surface area contributed by atoms with Crippen LogP contribution in [0.4, 0.5) is 5.69 Å². The van der Waals surface area contributed by atoms with Crippen molar-refractivity contribution in [1.29, 1.82) is 0 Å². The highest BCUT2D eigenvalue weighted by molar-refractivity contribution is 6.06. The average Bonchev–Trinajstić information content (AvgIpc) is 3.29. The van der Waals surface area contributed by atoms with E-state index < -0.39 is 0 Å². The van der Waals surface area contributed by atoms with Gasteiger partial charge in [-0.25, -0.2) is 0 Å². The number of anilines is 1. The molecule has 6 rings (SSSR count). The number of fused-ring (bicyclic) bond motifs is 2. The topological polar surface area (TPSA) is 80.1 Å². The fourth-order valence-corrected chi connectivity index (χ4v) is 4.79. The molecule has 0 spiro atoms. The lowest BCUT2D eigenvalue weighted by Crippen LogP contribution is -2.30. The van der Waals surface area contributed by atoms with E-state index in [1.807, 2.05) is 95.6 Å². The molecule has 2 aromatic carbocycles. The van der Waals surface area contributed by atoms with Crippen LogP contribution in [-0.4, -0.2) is 26.3 Å². The first kappa shape index (κ1) is 23.4. The Kier molecular flexibility index (Phi) is 6.24. The predicted octanol–water partition coefficient (Wildman–Crippen LogP) is 5.08. The summed E-state index contributed by atoms with van der Waals surface area (Å²) in [6.07, 6.45) is 5.20. The first-order valence-electron chi connectivity index (χ1n) is 12.4. The normalized spacial score (nSPS) is 12.3. The van der Waals surface area contributed by atoms with E-state index in [1.54, 1.807) is 23.5 Å². The molecule has 2 amide bonds. The molecule has 0 saturated heterocycles. The van der Waals surface area contributed by atoms with Crippen LogP contribution in [0.15, 0.2) is 110 Å². The fraction of sp³-hybridized carbons (Fsp3) is 0.0968. The summed E-state index contributed by atoms with van der Waals surface area (Å²) in [7, 11) is 0. The number of carbonyl (C=O) groups excluding carboxylic acids is 2. The second kappa shape index (κ2) is 10.1. The highest BCUT2D eigenvalue weighted by atomic mass is 16.2. The molecule has 0 fully saturated rings. The van der Waals surface area contributed by atoms with Gasteiger partial charge in [0, 0.05) is 47.6 Å². The van der Waals surface area contributed by atoms with Gasteiger partial charge in [-0.15, -0.1) is 0 Å². The minimum absolute atomic E-state index is 0.0951. The van der Waals surface area contributed by atoms with Gasteiger partial charge in [-0.1, -0.05) is 42.5 Å². The third-order valence-corrected chi connectivity index (χ3v) is 6.75. The zero-order valence-electron chi connectivity index (χ0n) is 20.6. The van der Waals surface area contributed by atoms with E-state index >= 15 is 0 Å². The lowest BCUT2D eigenvalue weighted by Gasteiger charge is -2.23. The van der Waals surface area contributed by atoms with Crippen LogP contribution in [0, 0.1) is 0 Å². The van der Waals surface area contributed by atoms with Gasteiger partial charge in [0.1, 0.15) is 5.69 Å². The minimum Gasteiger partial charge on any atom is -0.347 e. The molecule has 0 radical (unpaired) electrons. The largest absolute Gasteiger partial charge is 0.347 e. The molecular weight excluding hydrogens is 474 g/mol. The summed E-state index contributed by atoms with van der Waals surface area (Å²) in [4.78, 5) is 37.2. The highest BCUT2D eigenvalue weighted by Gasteiger charge is 2.27. The molecule has 186 valence electrons. The number of para-hydroxylation sites is 1. The van der Waals surface area contributed by atoms with Crippen molar-refractivity contribution in [1.82, 2.24) is 19.9 Å². The lowest BCUT2D eigenvalue weighted by molar-refractivity contribution is 0.0941. The third-order valence-electron chi connectivity index (χ3n) is 6.75. The molecular formula is C31H25N5O2. The van der Waals surface area contributed by atoms with E-state index in [9.17, 15) is 9.59 Å². The molecule has 7 nitrogen and oxygen atoms in total. The van der Waals surface area contributed by atoms with Crippen molar-refractivity contribution in [2.75, 3.05) is 4.90 Å². The van der Waals surface area contributed by atoms with Crippen LogP contribution in [0.2, 0.25) is 0 Å². The Morgan fingerprint density at radius 3 is 2.45 bits per heavy atom. The van der Waals surface area contributed by atoms with E-state index in [0.717, 1.165) is 33.8 Å². The lowest BCUT2D eigenvalue weighted by atomic mass is 10.1. The number of nitrogens with zero attached hydrogens (tertiary/aromatic N) is 4. The SMILES string of the molecule is O=C(NCc1cccnc1)c1ccc2n1Cc1ccccc1N(C(=O)c1ccc(-c3ccccn3)cc1)C2. The third kappa shape index (κ3) is 4.57. The first-order chi connectivity index (χ1) is 18.7. The zero-order chi connectivity index (χ0) is 25.9. The molecule has 0 saturated carbocycles. The second-order valence-electron chi connectivity index (χ2n) is 9.15. The maximum absolute atomic E-state index is 13.8. The smallest absolute Gasteiger partial charge is 0.268 e. The highest BCUT2D eigenvalue weighted by Crippen LogP contribution is 2.30. The molecule has 1 aliphatic rings. The maximum Gasteiger partial charge on any atom is 0.268 e. The Labute approximate surface area is 220 Å². The van der Waals surface area contributed by atoms with E-state index in [2.05, 4.69) is 15.3 Å². The summed E-state index contributed by atoms with van der Waals surface area (Å²) in [6.45, 7) is 1.24. The number of pyridine rings is 2. The number of carbonyl (C=O) groups is 2. The molecule has 38 heavy (non-hydrogen) atoms. The molecule has 7 heteroatoms. The Morgan fingerprint density at radius 1 is 0.816 bits per heavy atom. The van der Waals surface area contributed by atoms with Crippen molar-refractivity contribution >= 4 is 17.5 Å². The van der Waals surface area contributed by atoms with Crippen LogP contribution in [-0.2, 0) is 19.6 Å². The van der Waals surface area contributed by atoms with Crippen molar-refractivity contribution in [3.05, 3.63) is 138 Å². The van der Waals surface area contributed by atoms with Gasteiger partial charge in [0.15, 0.2) is 0 Å². The van der Waals surface area contributed by atoms with Crippen molar-refractivity contribution in [2.45, 2.75) is 19.6 Å². The number of aromatic nitrogens is 3. The van der Waals surface area contributed by atoms with Crippen molar-refractivity contribution in [2.24, 2.45) is 0 Å². The van der Waals surface area contributed by atoms with Crippen molar-refractivity contribution in [3.63, 3.8) is 0 Å². The summed E-state index contributed by atoms with van der Waals surface area (Å²) in [5, 5.41) is 2.99. The van der Waals surface area contributed by atoms with Gasteiger partial charge in [0.05, 0.1) is 18.8 Å². The van der Waals surface area contributed by atoms with E-state index in [4.69, 9.17) is 0 Å². The molecule has 0 unspecified atom stereocenters. The Balaban J connectivity index is 1.28. The summed E-state index contributed by atoms with van der Waals surface area (Å²) >= 11 is 0. The Hall–Kier alpha value is -5.04. The predicted molar refractivity (Wildman–Crippen MR) is 146 cm³/mol. The fourth-order valence-electron chi connectivity index (χ4n) is 4.79. The van der Waals surface area contributed by atoms with Gasteiger partial charge in [0.25, 0.3) is 11.8 Å². The van der Waals surface area contributed by atoms with Crippen LogP contribution in [0.5, 0.6) is 0 Å². The van der Waals surface area contributed by atoms with Crippen LogP contribution in [0.25, 0.3) is 11.3 Å². The molecule has 4 heterocycles. The van der Waals surface area contributed by atoms with E-state index in [1.165, 1.54) is 0 Å². The quantitative estimate of drug-likeness (QED) is 0.366. The van der Waals surface area contributed by atoms with Gasteiger partial charge in [-0.05, 0) is 59.7 Å². The number of hydrogen-bond acceptors (Lipinski definition) is 4. The van der Waals surface area contributed by atoms with Gasteiger partial charge in [0.2, 0.25) is 0 Å². The average molecular weight is 500 g/mol. The maximum atomic E-state index is 13.8. The molecule has 1 aliphatic heterocycles. The van der Waals surface area contributed by atoms with Crippen molar-refractivity contribution < 1.29 is 9.59 Å². The summed E-state index contributed by atoms with van der Waals surface area (Å²) < 4.78 is 1.99. The van der Waals surface area contributed by atoms with Crippen LogP contribution in [0.3, 0.4) is 0 Å². The molecule has 1 N–H and O–H groups in total. The van der Waals surface area contributed by atoms with Crippen LogP contribution in [0.1, 0.15) is 37.7 Å². The molecule has 0 aliphatic carbocycles. The molecule has 0 atom stereocenters. The molecule has 0 bridgehead atoms. The second-order valence-corrected chi connectivity index (χ2v) is 9.15. The van der Waals surface area contributed by atoms with Gasteiger partial charge in [-0.3, -0.25) is 19.6 Å². The number of benzene rings is 2. The van der Waals surface area contributed by atoms with Gasteiger partial charge >= 0.3 is 0 Å². The van der Waals surface area contributed by atoms with E-state index in [0.29, 0.717) is 30.9 Å². The zero-order valence-corrected chi connectivity index (χ0v) is 20.6. The number of nitrogens with one attached hydrogen (secondary N) is 1. The summed E-state index contributed by atoms with van der Waals surface area (Å²) in [5.74, 6) is -0.260. The van der Waals surface area contributed by atoms with E-state index in [-0.39, 0.29) is 11.8 Å². The number of hydrogen-bond donors (Lipinski definition) is 1.